The van der Waals surface area contributed by atoms with Crippen molar-refractivity contribution in [3.8, 4) is 0 Å². The largest absolute Gasteiger partial charge is 0.345 e. The molecule has 1 aromatic rings. The van der Waals surface area contributed by atoms with E-state index in [2.05, 4.69) is 10.4 Å². The molecule has 20 heavy (non-hydrogen) atoms. The SMILES string of the molecule is O=c1n(CCCNC2CCCCC2)nc2n1CCCC2. The Morgan fingerprint density at radius 2 is 2.00 bits per heavy atom. The van der Waals surface area contributed by atoms with Crippen molar-refractivity contribution in [3.63, 3.8) is 0 Å². The van der Waals surface area contributed by atoms with E-state index in [1.807, 2.05) is 4.57 Å². The Morgan fingerprint density at radius 3 is 2.80 bits per heavy atom. The summed E-state index contributed by atoms with van der Waals surface area (Å²) in [5.74, 6) is 0.987. The van der Waals surface area contributed by atoms with Gasteiger partial charge in [-0.05, 0) is 38.6 Å². The zero-order valence-electron chi connectivity index (χ0n) is 12.3. The highest BCUT2D eigenvalue weighted by atomic mass is 16.2. The highest BCUT2D eigenvalue weighted by molar-refractivity contribution is 4.91. The second-order valence-electron chi connectivity index (χ2n) is 6.17. The summed E-state index contributed by atoms with van der Waals surface area (Å²) in [7, 11) is 0. The molecule has 1 aromatic heterocycles. The van der Waals surface area contributed by atoms with Gasteiger partial charge in [-0.1, -0.05) is 19.3 Å². The number of aryl methyl sites for hydroxylation is 2. The Kier molecular flexibility index (Phi) is 4.55. The fourth-order valence-corrected chi connectivity index (χ4v) is 3.44. The van der Waals surface area contributed by atoms with E-state index in [1.165, 1.54) is 38.5 Å². The minimum atomic E-state index is 0.0948. The molecule has 0 unspecified atom stereocenters. The summed E-state index contributed by atoms with van der Waals surface area (Å²) < 4.78 is 3.53. The Labute approximate surface area is 120 Å². The number of hydrogen-bond acceptors (Lipinski definition) is 3. The van der Waals surface area contributed by atoms with Gasteiger partial charge in [0.25, 0.3) is 0 Å². The number of rotatable bonds is 5. The summed E-state index contributed by atoms with van der Waals surface area (Å²) in [5, 5.41) is 8.10. The predicted molar refractivity (Wildman–Crippen MR) is 78.9 cm³/mol. The van der Waals surface area contributed by atoms with E-state index < -0.39 is 0 Å². The van der Waals surface area contributed by atoms with Gasteiger partial charge in [-0.2, -0.15) is 5.10 Å². The van der Waals surface area contributed by atoms with Crippen molar-refractivity contribution < 1.29 is 0 Å². The van der Waals surface area contributed by atoms with Gasteiger partial charge in [-0.25, -0.2) is 9.48 Å². The van der Waals surface area contributed by atoms with Crippen molar-refractivity contribution in [1.29, 1.82) is 0 Å². The topological polar surface area (TPSA) is 51.9 Å². The molecule has 112 valence electrons. The lowest BCUT2D eigenvalue weighted by molar-refractivity contribution is 0.366. The molecule has 5 nitrogen and oxygen atoms in total. The molecule has 2 heterocycles. The maximum absolute atomic E-state index is 12.2. The van der Waals surface area contributed by atoms with Gasteiger partial charge in [0.2, 0.25) is 0 Å². The molecule has 1 fully saturated rings. The smallest absolute Gasteiger partial charge is 0.314 e. The zero-order valence-corrected chi connectivity index (χ0v) is 12.3. The summed E-state index contributed by atoms with van der Waals surface area (Å²) in [6.45, 7) is 2.60. The first-order valence-corrected chi connectivity index (χ1v) is 8.24. The van der Waals surface area contributed by atoms with Crippen LogP contribution in [0.3, 0.4) is 0 Å². The monoisotopic (exact) mass is 278 g/mol. The minimum absolute atomic E-state index is 0.0948. The molecule has 1 N–H and O–H groups in total. The van der Waals surface area contributed by atoms with E-state index >= 15 is 0 Å². The van der Waals surface area contributed by atoms with Crippen LogP contribution in [0.15, 0.2) is 4.79 Å². The third-order valence-electron chi connectivity index (χ3n) is 4.62. The minimum Gasteiger partial charge on any atom is -0.314 e. The van der Waals surface area contributed by atoms with E-state index in [0.29, 0.717) is 6.04 Å². The number of nitrogens with one attached hydrogen (secondary N) is 1. The molecular weight excluding hydrogens is 252 g/mol. The summed E-state index contributed by atoms with van der Waals surface area (Å²) in [5.41, 5.74) is 0.0948. The molecule has 1 aliphatic heterocycles. The van der Waals surface area contributed by atoms with Crippen molar-refractivity contribution in [1.82, 2.24) is 19.7 Å². The lowest BCUT2D eigenvalue weighted by atomic mass is 9.95. The van der Waals surface area contributed by atoms with Crippen LogP contribution < -0.4 is 11.0 Å². The number of hydrogen-bond donors (Lipinski definition) is 1. The standard InChI is InChI=1S/C15H26N4O/c20-15-18-11-5-4-9-14(18)17-19(15)12-6-10-16-13-7-2-1-3-8-13/h13,16H,1-12H2. The molecule has 5 heteroatoms. The van der Waals surface area contributed by atoms with Crippen LogP contribution in [0.2, 0.25) is 0 Å². The summed E-state index contributed by atoms with van der Waals surface area (Å²) in [4.78, 5) is 12.2. The van der Waals surface area contributed by atoms with E-state index in [4.69, 9.17) is 0 Å². The van der Waals surface area contributed by atoms with Gasteiger partial charge in [-0.15, -0.1) is 0 Å². The fraction of sp³-hybridized carbons (Fsp3) is 0.867. The van der Waals surface area contributed by atoms with Crippen LogP contribution in [0.1, 0.15) is 57.2 Å². The Hall–Kier alpha value is -1.10. The van der Waals surface area contributed by atoms with E-state index in [1.54, 1.807) is 4.68 Å². The van der Waals surface area contributed by atoms with Crippen LogP contribution in [0, 0.1) is 0 Å². The number of nitrogens with zero attached hydrogens (tertiary/aromatic N) is 3. The van der Waals surface area contributed by atoms with Gasteiger partial charge in [0.05, 0.1) is 0 Å². The van der Waals surface area contributed by atoms with Crippen molar-refractivity contribution >= 4 is 0 Å². The van der Waals surface area contributed by atoms with Gasteiger partial charge in [-0.3, -0.25) is 4.57 Å². The second-order valence-corrected chi connectivity index (χ2v) is 6.17. The molecule has 1 saturated carbocycles. The van der Waals surface area contributed by atoms with Crippen LogP contribution in [-0.2, 0) is 19.5 Å². The van der Waals surface area contributed by atoms with Crippen molar-refractivity contribution in [3.05, 3.63) is 16.3 Å². The lowest BCUT2D eigenvalue weighted by Gasteiger charge is -2.22. The molecule has 3 rings (SSSR count). The predicted octanol–water partition coefficient (Wildman–Crippen LogP) is 1.69. The molecular formula is C15H26N4O. The second kappa shape index (κ2) is 6.57. The van der Waals surface area contributed by atoms with Crippen LogP contribution in [0.5, 0.6) is 0 Å². The van der Waals surface area contributed by atoms with Crippen LogP contribution >= 0.6 is 0 Å². The molecule has 1 aliphatic carbocycles. The Balaban J connectivity index is 1.46. The van der Waals surface area contributed by atoms with Gasteiger partial charge >= 0.3 is 5.69 Å². The molecule has 0 atom stereocenters. The number of aromatic nitrogens is 3. The van der Waals surface area contributed by atoms with E-state index in [0.717, 1.165) is 44.7 Å². The first kappa shape index (κ1) is 13.9. The maximum Gasteiger partial charge on any atom is 0.345 e. The number of fused-ring (bicyclic) bond motifs is 1. The van der Waals surface area contributed by atoms with Crippen LogP contribution in [0.4, 0.5) is 0 Å². The highest BCUT2D eigenvalue weighted by Crippen LogP contribution is 2.17. The highest BCUT2D eigenvalue weighted by Gasteiger charge is 2.16. The normalized spacial score (nSPS) is 20.0. The summed E-state index contributed by atoms with van der Waals surface area (Å²) in [6, 6.07) is 0.704. The molecule has 0 spiro atoms. The Bertz CT molecular complexity index is 485. The summed E-state index contributed by atoms with van der Waals surface area (Å²) in [6.07, 6.45) is 11.0. The van der Waals surface area contributed by atoms with E-state index in [-0.39, 0.29) is 5.69 Å². The molecule has 0 amide bonds. The molecule has 0 radical (unpaired) electrons. The van der Waals surface area contributed by atoms with Gasteiger partial charge in [0, 0.05) is 25.6 Å². The maximum atomic E-state index is 12.2. The Morgan fingerprint density at radius 1 is 1.15 bits per heavy atom. The van der Waals surface area contributed by atoms with Gasteiger partial charge in [0.15, 0.2) is 0 Å². The van der Waals surface area contributed by atoms with Crippen LogP contribution in [-0.4, -0.2) is 26.9 Å². The third-order valence-corrected chi connectivity index (χ3v) is 4.62. The zero-order chi connectivity index (χ0) is 13.8. The van der Waals surface area contributed by atoms with Crippen molar-refractivity contribution in [2.75, 3.05) is 6.54 Å². The van der Waals surface area contributed by atoms with Crippen molar-refractivity contribution in [2.45, 2.75) is 76.9 Å². The first-order valence-electron chi connectivity index (χ1n) is 8.24. The lowest BCUT2D eigenvalue weighted by Crippen LogP contribution is -2.33. The average molecular weight is 278 g/mol. The molecule has 0 saturated heterocycles. The molecule has 0 aromatic carbocycles. The quantitative estimate of drug-likeness (QED) is 0.834. The summed E-state index contributed by atoms with van der Waals surface area (Å²) >= 11 is 0. The van der Waals surface area contributed by atoms with E-state index in [9.17, 15) is 4.79 Å². The third kappa shape index (κ3) is 3.14. The average Bonchev–Trinajstić information content (AvgIpc) is 2.82. The van der Waals surface area contributed by atoms with Gasteiger partial charge < -0.3 is 5.32 Å². The van der Waals surface area contributed by atoms with Gasteiger partial charge in [0.1, 0.15) is 5.82 Å². The molecule has 2 aliphatic rings. The first-order chi connectivity index (χ1) is 9.84. The fourth-order valence-electron chi connectivity index (χ4n) is 3.44. The van der Waals surface area contributed by atoms with Crippen molar-refractivity contribution in [2.24, 2.45) is 0 Å². The molecule has 0 bridgehead atoms. The van der Waals surface area contributed by atoms with Crippen LogP contribution in [0.25, 0.3) is 0 Å².